The highest BCUT2D eigenvalue weighted by Gasteiger charge is 2.38. The van der Waals surface area contributed by atoms with Crippen molar-refractivity contribution in [2.75, 3.05) is 12.0 Å². The molecule has 0 bridgehead atoms. The Morgan fingerprint density at radius 2 is 2.05 bits per heavy atom. The topological polar surface area (TPSA) is 29.5 Å². The van der Waals surface area contributed by atoms with Gasteiger partial charge in [-0.1, -0.05) is 18.2 Å². The fourth-order valence-electron chi connectivity index (χ4n) is 2.77. The number of fused-ring (bicyclic) bond motifs is 1. The van der Waals surface area contributed by atoms with Crippen LogP contribution in [0.4, 0.5) is 5.69 Å². The Hall–Kier alpha value is -1.48. The summed E-state index contributed by atoms with van der Waals surface area (Å²) in [5.41, 5.74) is 2.51. The van der Waals surface area contributed by atoms with E-state index in [2.05, 4.69) is 6.08 Å². The van der Waals surface area contributed by atoms with Crippen molar-refractivity contribution in [3.05, 3.63) is 29.8 Å². The number of methoxy groups -OCH3 is 1. The first-order chi connectivity index (χ1) is 9.29. The van der Waals surface area contributed by atoms with Crippen molar-refractivity contribution in [2.24, 2.45) is 0 Å². The summed E-state index contributed by atoms with van der Waals surface area (Å²) in [6.07, 6.45) is 2.09. The van der Waals surface area contributed by atoms with E-state index in [1.54, 1.807) is 18.9 Å². The molecular weight excluding hydrogens is 274 g/mol. The number of benzene rings is 1. The summed E-state index contributed by atoms with van der Waals surface area (Å²) in [6.45, 7) is 7.75. The molecule has 0 aliphatic carbocycles. The number of allylic oxidation sites excluding steroid dienone is 1. The molecule has 4 heteroatoms. The summed E-state index contributed by atoms with van der Waals surface area (Å²) in [5.74, 6) is 0.569. The van der Waals surface area contributed by atoms with Gasteiger partial charge >= 0.3 is 0 Å². The van der Waals surface area contributed by atoms with Crippen molar-refractivity contribution in [1.29, 1.82) is 0 Å². The number of hydrogen-bond donors (Lipinski definition) is 0. The van der Waals surface area contributed by atoms with Crippen LogP contribution in [0.25, 0.3) is 5.57 Å². The number of carbonyl (C=O) groups excluding carboxylic acids is 1. The van der Waals surface area contributed by atoms with Crippen LogP contribution in [0.5, 0.6) is 5.75 Å². The van der Waals surface area contributed by atoms with E-state index in [-0.39, 0.29) is 5.91 Å². The Balaban J connectivity index is 2.72. The minimum absolute atomic E-state index is 0.119. The predicted molar refractivity (Wildman–Crippen MR) is 83.5 cm³/mol. The zero-order valence-electron chi connectivity index (χ0n) is 12.5. The number of anilines is 1. The molecule has 1 atom stereocenters. The lowest BCUT2D eigenvalue weighted by Gasteiger charge is -2.42. The van der Waals surface area contributed by atoms with Crippen LogP contribution in [0.3, 0.4) is 0 Å². The van der Waals surface area contributed by atoms with Gasteiger partial charge in [-0.25, -0.2) is 0 Å². The molecule has 1 aromatic rings. The van der Waals surface area contributed by atoms with Gasteiger partial charge in [0.2, 0.25) is 5.91 Å². The molecule has 1 amide bonds. The molecule has 0 radical (unpaired) electrons. The van der Waals surface area contributed by atoms with Crippen LogP contribution in [0.15, 0.2) is 24.3 Å². The van der Waals surface area contributed by atoms with Crippen molar-refractivity contribution >= 4 is 28.8 Å². The average Bonchev–Trinajstić information content (AvgIpc) is 2.36. The fraction of sp³-hybridized carbons (Fsp3) is 0.438. The van der Waals surface area contributed by atoms with E-state index in [9.17, 15) is 4.79 Å². The number of ether oxygens (including phenoxy) is 1. The van der Waals surface area contributed by atoms with Crippen LogP contribution >= 0.6 is 11.6 Å². The SMILES string of the molecule is COc1cccc2c1N(C(=O)[C@@H](C)Cl)C(C)(C)C=C2C. The van der Waals surface area contributed by atoms with Gasteiger partial charge in [0.1, 0.15) is 11.1 Å². The zero-order chi connectivity index (χ0) is 15.1. The molecule has 1 heterocycles. The van der Waals surface area contributed by atoms with Crippen LogP contribution in [0, 0.1) is 0 Å². The lowest BCUT2D eigenvalue weighted by Crippen LogP contribution is -2.51. The summed E-state index contributed by atoms with van der Waals surface area (Å²) in [6, 6.07) is 5.80. The molecule has 108 valence electrons. The molecule has 0 saturated carbocycles. The van der Waals surface area contributed by atoms with Crippen molar-refractivity contribution in [2.45, 2.75) is 38.6 Å². The molecule has 1 aliphatic heterocycles. The first-order valence-electron chi connectivity index (χ1n) is 6.64. The standard InChI is InChI=1S/C16H20ClNO2/c1-10-9-16(3,4)18(15(19)11(2)17)14-12(10)7-6-8-13(14)20-5/h6-9,11H,1-5H3/t11-/m1/s1. The normalized spacial score (nSPS) is 18.1. The molecule has 0 saturated heterocycles. The van der Waals surface area contributed by atoms with E-state index in [0.29, 0.717) is 5.75 Å². The highest BCUT2D eigenvalue weighted by Crippen LogP contribution is 2.44. The summed E-state index contributed by atoms with van der Waals surface area (Å²) in [5, 5.41) is -0.584. The molecule has 0 N–H and O–H groups in total. The maximum absolute atomic E-state index is 12.6. The maximum Gasteiger partial charge on any atom is 0.245 e. The molecule has 0 aromatic heterocycles. The largest absolute Gasteiger partial charge is 0.495 e. The summed E-state index contributed by atoms with van der Waals surface area (Å²) in [4.78, 5) is 14.3. The number of para-hydroxylation sites is 1. The average molecular weight is 294 g/mol. The number of amides is 1. The zero-order valence-corrected chi connectivity index (χ0v) is 13.3. The fourth-order valence-corrected chi connectivity index (χ4v) is 2.87. The van der Waals surface area contributed by atoms with E-state index in [0.717, 1.165) is 16.8 Å². The Bertz CT molecular complexity index is 576. The van der Waals surface area contributed by atoms with Gasteiger partial charge in [-0.3, -0.25) is 9.69 Å². The van der Waals surface area contributed by atoms with Crippen LogP contribution in [-0.4, -0.2) is 23.9 Å². The third kappa shape index (κ3) is 2.31. The van der Waals surface area contributed by atoms with Crippen LogP contribution in [-0.2, 0) is 4.79 Å². The maximum atomic E-state index is 12.6. The molecule has 20 heavy (non-hydrogen) atoms. The van der Waals surface area contributed by atoms with Crippen LogP contribution < -0.4 is 9.64 Å². The molecule has 0 unspecified atom stereocenters. The van der Waals surface area contributed by atoms with Crippen molar-refractivity contribution in [3.8, 4) is 5.75 Å². The van der Waals surface area contributed by atoms with Crippen molar-refractivity contribution in [1.82, 2.24) is 0 Å². The molecule has 0 fully saturated rings. The number of carbonyl (C=O) groups is 1. The first-order valence-corrected chi connectivity index (χ1v) is 7.08. The van der Waals surface area contributed by atoms with Crippen molar-refractivity contribution in [3.63, 3.8) is 0 Å². The number of rotatable bonds is 2. The third-order valence-electron chi connectivity index (χ3n) is 3.57. The van der Waals surface area contributed by atoms with Crippen LogP contribution in [0.1, 0.15) is 33.3 Å². The Kier molecular flexibility index (Phi) is 3.83. The minimum Gasteiger partial charge on any atom is -0.495 e. The van der Waals surface area contributed by atoms with E-state index in [1.807, 2.05) is 39.0 Å². The smallest absolute Gasteiger partial charge is 0.245 e. The first kappa shape index (κ1) is 14.9. The van der Waals surface area contributed by atoms with Gasteiger partial charge < -0.3 is 4.74 Å². The van der Waals surface area contributed by atoms with Gasteiger partial charge in [-0.15, -0.1) is 11.6 Å². The number of alkyl halides is 1. The van der Waals surface area contributed by atoms with Gasteiger partial charge in [-0.05, 0) is 39.3 Å². The van der Waals surface area contributed by atoms with E-state index in [4.69, 9.17) is 16.3 Å². The molecule has 0 spiro atoms. The predicted octanol–water partition coefficient (Wildman–Crippen LogP) is 3.85. The van der Waals surface area contributed by atoms with Crippen LogP contribution in [0.2, 0.25) is 0 Å². The lowest BCUT2D eigenvalue weighted by molar-refractivity contribution is -0.118. The molecule has 2 rings (SSSR count). The highest BCUT2D eigenvalue weighted by atomic mass is 35.5. The van der Waals surface area contributed by atoms with Gasteiger partial charge in [0.15, 0.2) is 0 Å². The second-order valence-corrected chi connectivity index (χ2v) is 6.28. The molecule has 1 aliphatic rings. The van der Waals surface area contributed by atoms with Gasteiger partial charge in [-0.2, -0.15) is 0 Å². The van der Waals surface area contributed by atoms with Gasteiger partial charge in [0.25, 0.3) is 0 Å². The van der Waals surface area contributed by atoms with Gasteiger partial charge in [0.05, 0.1) is 18.3 Å². The molecule has 3 nitrogen and oxygen atoms in total. The number of nitrogens with zero attached hydrogens (tertiary/aromatic N) is 1. The second-order valence-electron chi connectivity index (χ2n) is 5.63. The lowest BCUT2D eigenvalue weighted by atomic mass is 9.88. The second kappa shape index (κ2) is 5.13. The van der Waals surface area contributed by atoms with Crippen molar-refractivity contribution < 1.29 is 9.53 Å². The quantitative estimate of drug-likeness (QED) is 0.775. The highest BCUT2D eigenvalue weighted by molar-refractivity contribution is 6.33. The number of halogens is 1. The van der Waals surface area contributed by atoms with Gasteiger partial charge in [0, 0.05) is 5.56 Å². The number of hydrogen-bond acceptors (Lipinski definition) is 2. The molecular formula is C16H20ClNO2. The Morgan fingerprint density at radius 1 is 1.40 bits per heavy atom. The summed E-state index contributed by atoms with van der Waals surface area (Å²) in [7, 11) is 1.61. The monoisotopic (exact) mass is 293 g/mol. The Labute approximate surface area is 125 Å². The third-order valence-corrected chi connectivity index (χ3v) is 3.76. The van der Waals surface area contributed by atoms with E-state index in [1.165, 1.54) is 0 Å². The minimum atomic E-state index is -0.584. The molecule has 1 aromatic carbocycles. The summed E-state index contributed by atoms with van der Waals surface area (Å²) >= 11 is 6.03. The van der Waals surface area contributed by atoms with E-state index < -0.39 is 10.9 Å². The van der Waals surface area contributed by atoms with E-state index >= 15 is 0 Å². The summed E-state index contributed by atoms with van der Waals surface area (Å²) < 4.78 is 5.45. The Morgan fingerprint density at radius 3 is 2.60 bits per heavy atom.